The summed E-state index contributed by atoms with van der Waals surface area (Å²) in [7, 11) is 0. The molecule has 0 bridgehead atoms. The normalized spacial score (nSPS) is 20.5. The van der Waals surface area contributed by atoms with Crippen molar-refractivity contribution in [2.24, 2.45) is 0 Å². The van der Waals surface area contributed by atoms with Crippen molar-refractivity contribution in [3.05, 3.63) is 0 Å². The topological polar surface area (TPSA) is 38.3 Å². The molecule has 0 amide bonds. The molecule has 1 saturated heterocycles. The molecule has 16 heavy (non-hydrogen) atoms. The van der Waals surface area contributed by atoms with Crippen LogP contribution in [-0.4, -0.2) is 35.2 Å². The average Bonchev–Trinajstić information content (AvgIpc) is 2.16. The van der Waals surface area contributed by atoms with Crippen LogP contribution in [0.25, 0.3) is 0 Å². The second-order valence-corrected chi connectivity index (χ2v) is 6.53. The molecule has 0 saturated carbocycles. The van der Waals surface area contributed by atoms with E-state index in [4.69, 9.17) is 4.74 Å². The summed E-state index contributed by atoms with van der Waals surface area (Å²) >= 11 is 1.99. The van der Waals surface area contributed by atoms with Gasteiger partial charge in [0.25, 0.3) is 0 Å². The average molecular weight is 245 g/mol. The van der Waals surface area contributed by atoms with Crippen molar-refractivity contribution in [3.8, 4) is 0 Å². The van der Waals surface area contributed by atoms with Gasteiger partial charge in [0.15, 0.2) is 0 Å². The van der Waals surface area contributed by atoms with Gasteiger partial charge in [-0.3, -0.25) is 4.79 Å². The summed E-state index contributed by atoms with van der Waals surface area (Å²) in [6, 6.07) is 0.274. The van der Waals surface area contributed by atoms with Crippen LogP contribution in [0.2, 0.25) is 0 Å². The van der Waals surface area contributed by atoms with E-state index in [1.807, 2.05) is 39.5 Å². The molecule has 0 aromatic rings. The molecule has 1 fully saturated rings. The van der Waals surface area contributed by atoms with Gasteiger partial charge in [0.1, 0.15) is 11.6 Å². The number of hydrogen-bond donors (Lipinski definition) is 1. The Kier molecular flexibility index (Phi) is 5.12. The molecule has 1 atom stereocenters. The first-order valence-electron chi connectivity index (χ1n) is 5.95. The number of ether oxygens (including phenoxy) is 1. The van der Waals surface area contributed by atoms with Crippen molar-refractivity contribution >= 4 is 17.7 Å². The first-order chi connectivity index (χ1) is 7.38. The van der Waals surface area contributed by atoms with Crippen LogP contribution in [0, 0.1) is 0 Å². The van der Waals surface area contributed by atoms with E-state index in [0.29, 0.717) is 6.04 Å². The van der Waals surface area contributed by atoms with Crippen LogP contribution in [0.5, 0.6) is 0 Å². The molecule has 1 rings (SSSR count). The summed E-state index contributed by atoms with van der Waals surface area (Å²) in [6.07, 6.45) is 2.30. The third-order valence-corrected chi connectivity index (χ3v) is 3.52. The molecular weight excluding hydrogens is 222 g/mol. The minimum atomic E-state index is -0.393. The third-order valence-electron chi connectivity index (χ3n) is 2.47. The highest BCUT2D eigenvalue weighted by atomic mass is 32.2. The molecular formula is C12H23NO2S. The molecule has 0 spiro atoms. The lowest BCUT2D eigenvalue weighted by Crippen LogP contribution is -2.45. The van der Waals surface area contributed by atoms with Crippen LogP contribution >= 0.6 is 11.8 Å². The van der Waals surface area contributed by atoms with E-state index in [9.17, 15) is 4.79 Å². The molecule has 4 heteroatoms. The molecule has 1 aliphatic heterocycles. The SMILES string of the molecule is C[C@H](NC1CCSCC1)C(=O)OC(C)(C)C. The Labute approximate surface area is 103 Å². The number of carbonyl (C=O) groups excluding carboxylic acids is 1. The second-order valence-electron chi connectivity index (χ2n) is 5.31. The van der Waals surface area contributed by atoms with Crippen molar-refractivity contribution in [3.63, 3.8) is 0 Å². The molecule has 94 valence electrons. The Morgan fingerprint density at radius 2 is 1.94 bits per heavy atom. The highest BCUT2D eigenvalue weighted by Gasteiger charge is 2.24. The van der Waals surface area contributed by atoms with Gasteiger partial charge < -0.3 is 10.1 Å². The second kappa shape index (κ2) is 5.92. The Bertz CT molecular complexity index is 232. The van der Waals surface area contributed by atoms with Crippen LogP contribution in [0.1, 0.15) is 40.5 Å². The van der Waals surface area contributed by atoms with Crippen molar-refractivity contribution in [1.29, 1.82) is 0 Å². The quantitative estimate of drug-likeness (QED) is 0.774. The highest BCUT2D eigenvalue weighted by molar-refractivity contribution is 7.99. The highest BCUT2D eigenvalue weighted by Crippen LogP contribution is 2.17. The summed E-state index contributed by atoms with van der Waals surface area (Å²) in [6.45, 7) is 7.58. The smallest absolute Gasteiger partial charge is 0.323 e. The zero-order chi connectivity index (χ0) is 12.2. The fraction of sp³-hybridized carbons (Fsp3) is 0.917. The van der Waals surface area contributed by atoms with Gasteiger partial charge in [-0.25, -0.2) is 0 Å². The first kappa shape index (κ1) is 13.8. The monoisotopic (exact) mass is 245 g/mol. The van der Waals surface area contributed by atoms with Gasteiger partial charge in [0, 0.05) is 6.04 Å². The van der Waals surface area contributed by atoms with Crippen LogP contribution in [0.15, 0.2) is 0 Å². The number of thioether (sulfide) groups is 1. The minimum Gasteiger partial charge on any atom is -0.459 e. The van der Waals surface area contributed by atoms with Gasteiger partial charge in [-0.05, 0) is 52.0 Å². The number of carbonyl (C=O) groups is 1. The van der Waals surface area contributed by atoms with Crippen LogP contribution in [-0.2, 0) is 9.53 Å². The summed E-state index contributed by atoms with van der Waals surface area (Å²) in [5, 5.41) is 3.35. The van der Waals surface area contributed by atoms with E-state index < -0.39 is 5.60 Å². The summed E-state index contributed by atoms with van der Waals surface area (Å²) < 4.78 is 5.33. The molecule has 1 N–H and O–H groups in total. The van der Waals surface area contributed by atoms with Crippen molar-refractivity contribution < 1.29 is 9.53 Å². The zero-order valence-electron chi connectivity index (χ0n) is 10.7. The largest absolute Gasteiger partial charge is 0.459 e. The maximum absolute atomic E-state index is 11.7. The van der Waals surface area contributed by atoms with E-state index in [1.165, 1.54) is 11.5 Å². The minimum absolute atomic E-state index is 0.147. The fourth-order valence-electron chi connectivity index (χ4n) is 1.68. The Balaban J connectivity index is 2.33. The summed E-state index contributed by atoms with van der Waals surface area (Å²) in [5.74, 6) is 2.24. The van der Waals surface area contributed by atoms with Crippen molar-refractivity contribution in [2.45, 2.75) is 58.2 Å². The van der Waals surface area contributed by atoms with Crippen LogP contribution in [0.3, 0.4) is 0 Å². The van der Waals surface area contributed by atoms with Gasteiger partial charge in [0.05, 0.1) is 0 Å². The first-order valence-corrected chi connectivity index (χ1v) is 7.10. The van der Waals surface area contributed by atoms with E-state index in [0.717, 1.165) is 12.8 Å². The lowest BCUT2D eigenvalue weighted by Gasteiger charge is -2.27. The Morgan fingerprint density at radius 3 is 2.44 bits per heavy atom. The molecule has 0 aliphatic carbocycles. The maximum atomic E-state index is 11.7. The molecule has 0 radical (unpaired) electrons. The Morgan fingerprint density at radius 1 is 1.38 bits per heavy atom. The lowest BCUT2D eigenvalue weighted by atomic mass is 10.1. The Hall–Kier alpha value is -0.220. The van der Waals surface area contributed by atoms with Crippen LogP contribution in [0.4, 0.5) is 0 Å². The zero-order valence-corrected chi connectivity index (χ0v) is 11.5. The molecule has 0 aromatic carbocycles. The molecule has 3 nitrogen and oxygen atoms in total. The van der Waals surface area contributed by atoms with Crippen molar-refractivity contribution in [2.75, 3.05) is 11.5 Å². The summed E-state index contributed by atoms with van der Waals surface area (Å²) in [4.78, 5) is 11.7. The predicted octanol–water partition coefficient (Wildman–Crippen LogP) is 2.20. The lowest BCUT2D eigenvalue weighted by molar-refractivity contribution is -0.157. The number of rotatable bonds is 3. The van der Waals surface area contributed by atoms with Gasteiger partial charge in [-0.1, -0.05) is 0 Å². The van der Waals surface area contributed by atoms with Gasteiger partial charge in [-0.15, -0.1) is 0 Å². The van der Waals surface area contributed by atoms with Gasteiger partial charge in [0.2, 0.25) is 0 Å². The van der Waals surface area contributed by atoms with Crippen LogP contribution < -0.4 is 5.32 Å². The molecule has 0 unspecified atom stereocenters. The number of hydrogen-bond acceptors (Lipinski definition) is 4. The van der Waals surface area contributed by atoms with E-state index in [2.05, 4.69) is 5.32 Å². The fourth-order valence-corrected chi connectivity index (χ4v) is 2.78. The standard InChI is InChI=1S/C12H23NO2S/c1-9(11(14)15-12(2,3)4)13-10-5-7-16-8-6-10/h9-10,13H,5-8H2,1-4H3/t9-/m0/s1. The molecule has 1 aliphatic rings. The van der Waals surface area contributed by atoms with Crippen molar-refractivity contribution in [1.82, 2.24) is 5.32 Å². The van der Waals surface area contributed by atoms with E-state index in [-0.39, 0.29) is 12.0 Å². The number of esters is 1. The molecule has 0 aromatic heterocycles. The van der Waals surface area contributed by atoms with Gasteiger partial charge in [-0.2, -0.15) is 11.8 Å². The molecule has 1 heterocycles. The summed E-state index contributed by atoms with van der Waals surface area (Å²) in [5.41, 5.74) is -0.393. The third kappa shape index (κ3) is 5.21. The van der Waals surface area contributed by atoms with Gasteiger partial charge >= 0.3 is 5.97 Å². The van der Waals surface area contributed by atoms with E-state index >= 15 is 0 Å². The number of nitrogens with one attached hydrogen (secondary N) is 1. The van der Waals surface area contributed by atoms with E-state index in [1.54, 1.807) is 0 Å². The predicted molar refractivity (Wildman–Crippen MR) is 68.8 cm³/mol. The maximum Gasteiger partial charge on any atom is 0.323 e.